The number of hydrogen-bond acceptors (Lipinski definition) is 5. The van der Waals surface area contributed by atoms with E-state index < -0.39 is 0 Å². The first kappa shape index (κ1) is 14.9. The van der Waals surface area contributed by atoms with Crippen LogP contribution in [0.2, 0.25) is 0 Å². The zero-order chi connectivity index (χ0) is 15.6. The third-order valence-electron chi connectivity index (χ3n) is 5.29. The molecule has 4 rings (SSSR count). The van der Waals surface area contributed by atoms with Gasteiger partial charge in [0.15, 0.2) is 5.65 Å². The fourth-order valence-electron chi connectivity index (χ4n) is 3.80. The average molecular weight is 314 g/mol. The summed E-state index contributed by atoms with van der Waals surface area (Å²) in [7, 11) is 2.23. The maximum Gasteiger partial charge on any atom is 0.162 e. The van der Waals surface area contributed by atoms with Crippen LogP contribution in [-0.4, -0.2) is 65.3 Å². The summed E-state index contributed by atoms with van der Waals surface area (Å²) >= 11 is 0. The molecule has 0 bridgehead atoms. The van der Waals surface area contributed by atoms with Crippen LogP contribution in [0.1, 0.15) is 25.1 Å². The maximum atomic E-state index is 4.47. The third kappa shape index (κ3) is 3.05. The fraction of sp³-hybridized carbons (Fsp3) is 0.647. The van der Waals surface area contributed by atoms with E-state index in [-0.39, 0.29) is 0 Å². The molecule has 23 heavy (non-hydrogen) atoms. The van der Waals surface area contributed by atoms with Crippen LogP contribution in [0.15, 0.2) is 18.3 Å². The van der Waals surface area contributed by atoms with Crippen LogP contribution < -0.4 is 10.2 Å². The highest BCUT2D eigenvalue weighted by molar-refractivity contribution is 5.56. The first-order chi connectivity index (χ1) is 11.3. The molecule has 2 aliphatic heterocycles. The number of likely N-dealkylation sites (tertiary alicyclic amines) is 1. The molecule has 2 aromatic heterocycles. The van der Waals surface area contributed by atoms with Crippen LogP contribution in [0.5, 0.6) is 0 Å². The van der Waals surface area contributed by atoms with E-state index in [0.717, 1.165) is 44.1 Å². The molecule has 6 heteroatoms. The van der Waals surface area contributed by atoms with Gasteiger partial charge in [-0.2, -0.15) is 0 Å². The van der Waals surface area contributed by atoms with Crippen LogP contribution in [0, 0.1) is 0 Å². The van der Waals surface area contributed by atoms with Gasteiger partial charge in [-0.15, -0.1) is 10.2 Å². The second kappa shape index (κ2) is 6.45. The van der Waals surface area contributed by atoms with Crippen molar-refractivity contribution in [1.82, 2.24) is 24.8 Å². The third-order valence-corrected chi connectivity index (χ3v) is 5.29. The lowest BCUT2D eigenvalue weighted by atomic mass is 10.00. The molecule has 0 spiro atoms. The molecule has 0 saturated carbocycles. The molecule has 4 heterocycles. The van der Waals surface area contributed by atoms with Gasteiger partial charge >= 0.3 is 0 Å². The molecule has 0 radical (unpaired) electrons. The summed E-state index contributed by atoms with van der Waals surface area (Å²) in [4.78, 5) is 4.89. The molecule has 1 atom stereocenters. The number of hydrogen-bond donors (Lipinski definition) is 1. The van der Waals surface area contributed by atoms with Gasteiger partial charge in [-0.25, -0.2) is 0 Å². The standard InChI is InChI=1S/C17H26N6/c1-21-8-3-2-4-14(21)12-16-19-20-17-13-15(5-9-23(16)17)22-10-6-18-7-11-22/h5,9,13-14,18H,2-4,6-8,10-12H2,1H3. The Morgan fingerprint density at radius 2 is 2.04 bits per heavy atom. The molecular weight excluding hydrogens is 288 g/mol. The SMILES string of the molecule is CN1CCCCC1Cc1nnc2cc(N3CCNCC3)ccn12. The van der Waals surface area contributed by atoms with Gasteiger partial charge in [0.2, 0.25) is 0 Å². The number of likely N-dealkylation sites (N-methyl/N-ethyl adjacent to an activating group) is 1. The molecule has 0 aromatic carbocycles. The predicted molar refractivity (Wildman–Crippen MR) is 92.0 cm³/mol. The van der Waals surface area contributed by atoms with E-state index in [1.807, 2.05) is 0 Å². The summed E-state index contributed by atoms with van der Waals surface area (Å²) in [6, 6.07) is 4.98. The van der Waals surface area contributed by atoms with Crippen LogP contribution in [0.25, 0.3) is 5.65 Å². The molecule has 1 N–H and O–H groups in total. The van der Waals surface area contributed by atoms with Crippen LogP contribution in [-0.2, 0) is 6.42 Å². The second-order valence-corrected chi connectivity index (χ2v) is 6.80. The number of rotatable bonds is 3. The number of pyridine rings is 1. The number of piperazine rings is 1. The lowest BCUT2D eigenvalue weighted by molar-refractivity contribution is 0.182. The summed E-state index contributed by atoms with van der Waals surface area (Å²) < 4.78 is 2.16. The van der Waals surface area contributed by atoms with E-state index in [0.29, 0.717) is 6.04 Å². The second-order valence-electron chi connectivity index (χ2n) is 6.80. The zero-order valence-electron chi connectivity index (χ0n) is 13.9. The number of nitrogens with zero attached hydrogens (tertiary/aromatic N) is 5. The van der Waals surface area contributed by atoms with E-state index in [4.69, 9.17) is 0 Å². The minimum Gasteiger partial charge on any atom is -0.369 e. The molecule has 1 unspecified atom stereocenters. The largest absolute Gasteiger partial charge is 0.369 e. The van der Waals surface area contributed by atoms with E-state index in [1.54, 1.807) is 0 Å². The van der Waals surface area contributed by atoms with Gasteiger partial charge in [-0.1, -0.05) is 6.42 Å². The summed E-state index contributed by atoms with van der Waals surface area (Å²) in [5, 5.41) is 12.3. The zero-order valence-corrected chi connectivity index (χ0v) is 13.9. The average Bonchev–Trinajstić information content (AvgIpc) is 3.00. The normalized spacial score (nSPS) is 23.5. The van der Waals surface area contributed by atoms with Gasteiger partial charge in [0, 0.05) is 56.6 Å². The first-order valence-corrected chi connectivity index (χ1v) is 8.81. The Labute approximate surface area is 137 Å². The molecule has 2 saturated heterocycles. The first-order valence-electron chi connectivity index (χ1n) is 8.81. The summed E-state index contributed by atoms with van der Waals surface area (Å²) in [5.41, 5.74) is 2.22. The van der Waals surface area contributed by atoms with Gasteiger partial charge in [-0.3, -0.25) is 4.40 Å². The van der Waals surface area contributed by atoms with Crippen molar-refractivity contribution in [1.29, 1.82) is 0 Å². The van der Waals surface area contributed by atoms with Crippen molar-refractivity contribution in [3.05, 3.63) is 24.2 Å². The molecule has 0 amide bonds. The Morgan fingerprint density at radius 1 is 1.17 bits per heavy atom. The van der Waals surface area contributed by atoms with Gasteiger partial charge in [0.1, 0.15) is 5.82 Å². The summed E-state index contributed by atoms with van der Waals surface area (Å²) in [6.07, 6.45) is 7.06. The Morgan fingerprint density at radius 3 is 2.87 bits per heavy atom. The molecule has 2 fully saturated rings. The van der Waals surface area contributed by atoms with E-state index >= 15 is 0 Å². The highest BCUT2D eigenvalue weighted by atomic mass is 15.3. The minimum atomic E-state index is 0.601. The van der Waals surface area contributed by atoms with Gasteiger partial charge in [0.05, 0.1) is 0 Å². The molecule has 124 valence electrons. The molecular formula is C17H26N6. The topological polar surface area (TPSA) is 48.7 Å². The Kier molecular flexibility index (Phi) is 4.18. The summed E-state index contributed by atoms with van der Waals surface area (Å²) in [6.45, 7) is 5.43. The Bertz CT molecular complexity index is 660. The van der Waals surface area contributed by atoms with Gasteiger partial charge in [-0.05, 0) is 32.5 Å². The maximum absolute atomic E-state index is 4.47. The van der Waals surface area contributed by atoms with Crippen LogP contribution in [0.4, 0.5) is 5.69 Å². The van der Waals surface area contributed by atoms with Gasteiger partial charge in [0.25, 0.3) is 0 Å². The Hall–Kier alpha value is -1.66. The molecule has 2 aromatic rings. The number of nitrogens with one attached hydrogen (secondary N) is 1. The predicted octanol–water partition coefficient (Wildman–Crippen LogP) is 1.17. The van der Waals surface area contributed by atoms with Crippen molar-refractivity contribution in [3.8, 4) is 0 Å². The number of aromatic nitrogens is 3. The highest BCUT2D eigenvalue weighted by Gasteiger charge is 2.21. The van der Waals surface area contributed by atoms with E-state index in [9.17, 15) is 0 Å². The monoisotopic (exact) mass is 314 g/mol. The number of piperidine rings is 1. The van der Waals surface area contributed by atoms with Gasteiger partial charge < -0.3 is 15.1 Å². The molecule has 0 aliphatic carbocycles. The fourth-order valence-corrected chi connectivity index (χ4v) is 3.80. The van der Waals surface area contributed by atoms with Crippen molar-refractivity contribution in [2.45, 2.75) is 31.7 Å². The van der Waals surface area contributed by atoms with Crippen molar-refractivity contribution >= 4 is 11.3 Å². The van der Waals surface area contributed by atoms with Crippen molar-refractivity contribution in [2.75, 3.05) is 44.7 Å². The lowest BCUT2D eigenvalue weighted by Crippen LogP contribution is -2.43. The smallest absolute Gasteiger partial charge is 0.162 e. The quantitative estimate of drug-likeness (QED) is 0.921. The van der Waals surface area contributed by atoms with Crippen LogP contribution in [0.3, 0.4) is 0 Å². The van der Waals surface area contributed by atoms with E-state index in [2.05, 4.69) is 55.1 Å². The van der Waals surface area contributed by atoms with Crippen molar-refractivity contribution in [3.63, 3.8) is 0 Å². The molecule has 2 aliphatic rings. The number of anilines is 1. The van der Waals surface area contributed by atoms with Crippen molar-refractivity contribution in [2.24, 2.45) is 0 Å². The van der Waals surface area contributed by atoms with Crippen LogP contribution >= 0.6 is 0 Å². The highest BCUT2D eigenvalue weighted by Crippen LogP contribution is 2.21. The minimum absolute atomic E-state index is 0.601. The number of fused-ring (bicyclic) bond motifs is 1. The van der Waals surface area contributed by atoms with E-state index in [1.165, 1.54) is 31.5 Å². The van der Waals surface area contributed by atoms with Crippen molar-refractivity contribution < 1.29 is 0 Å². The Balaban J connectivity index is 1.55. The summed E-state index contributed by atoms with van der Waals surface area (Å²) in [5.74, 6) is 1.09. The molecule has 6 nitrogen and oxygen atoms in total. The lowest BCUT2D eigenvalue weighted by Gasteiger charge is -2.32.